The van der Waals surface area contributed by atoms with E-state index in [4.69, 9.17) is 5.11 Å². The Balaban J connectivity index is 1.59. The second-order valence-corrected chi connectivity index (χ2v) is 8.44. The molecule has 0 spiro atoms. The van der Waals surface area contributed by atoms with Gasteiger partial charge in [-0.2, -0.15) is 0 Å². The average molecular weight is 352 g/mol. The van der Waals surface area contributed by atoms with Crippen LogP contribution >= 0.6 is 11.3 Å². The molecule has 3 heterocycles. The number of hydrogen-bond acceptors (Lipinski definition) is 5. The number of amides is 1. The third kappa shape index (κ3) is 3.98. The first-order valence-corrected chi connectivity index (χ1v) is 9.95. The maximum absolute atomic E-state index is 12.3. The van der Waals surface area contributed by atoms with Crippen molar-refractivity contribution in [3.05, 3.63) is 15.6 Å². The monoisotopic (exact) mass is 351 g/mol. The number of hydrogen-bond donors (Lipinski definition) is 1. The molecule has 0 aliphatic carbocycles. The van der Waals surface area contributed by atoms with Crippen molar-refractivity contribution in [3.63, 3.8) is 0 Å². The van der Waals surface area contributed by atoms with E-state index in [1.165, 1.54) is 10.6 Å². The number of carbonyl (C=O) groups excluding carboxylic acids is 1. The van der Waals surface area contributed by atoms with Crippen molar-refractivity contribution in [3.8, 4) is 0 Å². The fraction of sp³-hybridized carbons (Fsp3) is 0.778. The molecule has 5 nitrogen and oxygen atoms in total. The number of aryl methyl sites for hydroxylation is 2. The molecule has 2 fully saturated rings. The number of fused-ring (bicyclic) bond motifs is 1. The van der Waals surface area contributed by atoms with Gasteiger partial charge in [0.05, 0.1) is 10.7 Å². The zero-order valence-corrected chi connectivity index (χ0v) is 15.6. The van der Waals surface area contributed by atoms with E-state index in [0.29, 0.717) is 24.3 Å². The Morgan fingerprint density at radius 3 is 2.83 bits per heavy atom. The zero-order chi connectivity index (χ0) is 17.1. The van der Waals surface area contributed by atoms with Crippen molar-refractivity contribution in [1.29, 1.82) is 0 Å². The van der Waals surface area contributed by atoms with Gasteiger partial charge in [0.25, 0.3) is 0 Å². The number of likely N-dealkylation sites (tertiary alicyclic amines) is 2. The van der Waals surface area contributed by atoms with Gasteiger partial charge in [-0.1, -0.05) is 0 Å². The number of carbonyl (C=O) groups is 1. The normalized spacial score (nSPS) is 25.1. The van der Waals surface area contributed by atoms with Crippen LogP contribution in [0.5, 0.6) is 0 Å². The summed E-state index contributed by atoms with van der Waals surface area (Å²) in [5.74, 6) is 0.913. The van der Waals surface area contributed by atoms with Crippen LogP contribution in [0.3, 0.4) is 0 Å². The number of nitrogens with zero attached hydrogens (tertiary/aromatic N) is 3. The number of thiazole rings is 1. The number of unbranched alkanes of at least 4 members (excludes halogenated alkanes) is 1. The van der Waals surface area contributed by atoms with Gasteiger partial charge in [0, 0.05) is 50.1 Å². The molecule has 2 aliphatic heterocycles. The van der Waals surface area contributed by atoms with Gasteiger partial charge in [-0.3, -0.25) is 9.69 Å². The lowest BCUT2D eigenvalue weighted by Crippen LogP contribution is -2.55. The Bertz CT molecular complexity index is 575. The number of aromatic nitrogens is 1. The van der Waals surface area contributed by atoms with E-state index in [0.717, 1.165) is 56.9 Å². The highest BCUT2D eigenvalue weighted by molar-refractivity contribution is 7.11. The van der Waals surface area contributed by atoms with E-state index in [1.807, 2.05) is 11.3 Å². The minimum Gasteiger partial charge on any atom is -0.396 e. The molecule has 0 radical (unpaired) electrons. The minimum absolute atomic E-state index is 0.220. The molecule has 3 rings (SSSR count). The first kappa shape index (κ1) is 17.8. The van der Waals surface area contributed by atoms with E-state index in [9.17, 15) is 4.79 Å². The SMILES string of the molecule is Cc1nc(C)c(CN2CC[C@@H]3[C@@H](CCC(=O)N3CCCCO)C2)s1. The van der Waals surface area contributed by atoms with Crippen molar-refractivity contribution in [2.45, 2.75) is 58.5 Å². The minimum atomic E-state index is 0.220. The topological polar surface area (TPSA) is 56.7 Å². The molecule has 0 bridgehead atoms. The first-order valence-electron chi connectivity index (χ1n) is 9.14. The van der Waals surface area contributed by atoms with Crippen molar-refractivity contribution in [2.75, 3.05) is 26.2 Å². The van der Waals surface area contributed by atoms with E-state index < -0.39 is 0 Å². The van der Waals surface area contributed by atoms with Crippen LogP contribution in [0.25, 0.3) is 0 Å². The number of aliphatic hydroxyl groups is 1. The number of rotatable bonds is 6. The molecule has 6 heteroatoms. The largest absolute Gasteiger partial charge is 0.396 e. The molecule has 1 aromatic rings. The number of aliphatic hydroxyl groups excluding tert-OH is 1. The molecule has 1 amide bonds. The van der Waals surface area contributed by atoms with Gasteiger partial charge in [-0.05, 0) is 45.4 Å². The third-order valence-electron chi connectivity index (χ3n) is 5.40. The van der Waals surface area contributed by atoms with Crippen LogP contribution in [0.1, 0.15) is 47.7 Å². The molecule has 0 unspecified atom stereocenters. The van der Waals surface area contributed by atoms with Crippen molar-refractivity contribution in [2.24, 2.45) is 5.92 Å². The Morgan fingerprint density at radius 1 is 1.29 bits per heavy atom. The molecular formula is C18H29N3O2S. The third-order valence-corrected chi connectivity index (χ3v) is 6.46. The fourth-order valence-corrected chi connectivity index (χ4v) is 5.16. The first-order chi connectivity index (χ1) is 11.6. The molecule has 2 aliphatic rings. The summed E-state index contributed by atoms with van der Waals surface area (Å²) in [6, 6.07) is 0.408. The van der Waals surface area contributed by atoms with Gasteiger partial charge in [-0.15, -0.1) is 11.3 Å². The van der Waals surface area contributed by atoms with Gasteiger partial charge >= 0.3 is 0 Å². The maximum Gasteiger partial charge on any atom is 0.222 e. The van der Waals surface area contributed by atoms with Crippen LogP contribution in [0.2, 0.25) is 0 Å². The fourth-order valence-electron chi connectivity index (χ4n) is 4.18. The molecule has 0 aromatic carbocycles. The van der Waals surface area contributed by atoms with E-state index in [1.54, 1.807) is 0 Å². The Labute approximate surface area is 148 Å². The quantitative estimate of drug-likeness (QED) is 0.800. The van der Waals surface area contributed by atoms with Crippen molar-refractivity contribution in [1.82, 2.24) is 14.8 Å². The summed E-state index contributed by atoms with van der Waals surface area (Å²) in [5.41, 5.74) is 1.17. The van der Waals surface area contributed by atoms with Gasteiger partial charge in [0.1, 0.15) is 0 Å². The van der Waals surface area contributed by atoms with E-state index in [2.05, 4.69) is 28.6 Å². The molecular weight excluding hydrogens is 322 g/mol. The second kappa shape index (κ2) is 7.93. The summed E-state index contributed by atoms with van der Waals surface area (Å²) >= 11 is 1.81. The predicted molar refractivity (Wildman–Crippen MR) is 96.0 cm³/mol. The van der Waals surface area contributed by atoms with Gasteiger partial charge in [0.15, 0.2) is 0 Å². The van der Waals surface area contributed by atoms with Crippen LogP contribution in [-0.2, 0) is 11.3 Å². The summed E-state index contributed by atoms with van der Waals surface area (Å²) in [7, 11) is 0. The summed E-state index contributed by atoms with van der Waals surface area (Å²) in [4.78, 5) is 22.9. The van der Waals surface area contributed by atoms with Crippen molar-refractivity contribution < 1.29 is 9.90 Å². The predicted octanol–water partition coefficient (Wildman–Crippen LogP) is 2.35. The highest BCUT2D eigenvalue weighted by Crippen LogP contribution is 2.32. The Kier molecular flexibility index (Phi) is 5.89. The zero-order valence-electron chi connectivity index (χ0n) is 14.8. The van der Waals surface area contributed by atoms with E-state index in [-0.39, 0.29) is 6.61 Å². The van der Waals surface area contributed by atoms with Crippen LogP contribution in [0, 0.1) is 19.8 Å². The lowest BCUT2D eigenvalue weighted by atomic mass is 9.83. The molecule has 134 valence electrons. The summed E-state index contributed by atoms with van der Waals surface area (Å²) < 4.78 is 0. The standard InChI is InChI=1S/C18H29N3O2S/c1-13-17(24-14(2)19-13)12-20-9-7-16-15(11-20)5-6-18(23)21(16)8-3-4-10-22/h15-16,22H,3-12H2,1-2H3/t15-,16+/m0/s1. The lowest BCUT2D eigenvalue weighted by molar-refractivity contribution is -0.141. The maximum atomic E-state index is 12.3. The number of piperidine rings is 2. The summed E-state index contributed by atoms with van der Waals surface area (Å²) in [6.45, 7) is 8.36. The molecule has 1 aromatic heterocycles. The Morgan fingerprint density at radius 2 is 2.12 bits per heavy atom. The van der Waals surface area contributed by atoms with E-state index >= 15 is 0 Å². The van der Waals surface area contributed by atoms with Crippen LogP contribution in [0.4, 0.5) is 0 Å². The highest BCUT2D eigenvalue weighted by Gasteiger charge is 2.38. The van der Waals surface area contributed by atoms with Gasteiger partial charge < -0.3 is 10.0 Å². The van der Waals surface area contributed by atoms with Crippen molar-refractivity contribution >= 4 is 17.2 Å². The molecule has 2 atom stereocenters. The average Bonchev–Trinajstić information content (AvgIpc) is 2.87. The van der Waals surface area contributed by atoms with Crippen LogP contribution < -0.4 is 0 Å². The summed E-state index contributed by atoms with van der Waals surface area (Å²) in [6.07, 6.45) is 4.49. The molecule has 24 heavy (non-hydrogen) atoms. The van der Waals surface area contributed by atoms with Gasteiger partial charge in [0.2, 0.25) is 5.91 Å². The molecule has 1 N–H and O–H groups in total. The lowest BCUT2D eigenvalue weighted by Gasteiger charge is -2.47. The molecule has 2 saturated heterocycles. The summed E-state index contributed by atoms with van der Waals surface area (Å²) in [5, 5.41) is 10.1. The smallest absolute Gasteiger partial charge is 0.222 e. The van der Waals surface area contributed by atoms with Crippen LogP contribution in [-0.4, -0.2) is 58.1 Å². The van der Waals surface area contributed by atoms with Crippen LogP contribution in [0.15, 0.2) is 0 Å². The van der Waals surface area contributed by atoms with Gasteiger partial charge in [-0.25, -0.2) is 4.98 Å². The Hall–Kier alpha value is -0.980. The highest BCUT2D eigenvalue weighted by atomic mass is 32.1. The second-order valence-electron chi connectivity index (χ2n) is 7.15. The molecule has 0 saturated carbocycles.